The summed E-state index contributed by atoms with van der Waals surface area (Å²) < 4.78 is 19.5. The fourth-order valence-electron chi connectivity index (χ4n) is 0.644. The summed E-state index contributed by atoms with van der Waals surface area (Å²) >= 11 is 0. The normalized spacial score (nSPS) is 10.2. The molecule has 0 amide bonds. The van der Waals surface area contributed by atoms with Crippen LogP contribution in [-0.4, -0.2) is 41.0 Å². The molecular formula is C8H17O4Y-. The Bertz CT molecular complexity index is 82.2. The van der Waals surface area contributed by atoms with E-state index < -0.39 is 0 Å². The molecule has 5 heteroatoms. The zero-order chi connectivity index (χ0) is 9.23. The molecule has 0 bridgehead atoms. The SMILES string of the molecule is [CH2-]C(COCOC)COCOC.[Y]. The van der Waals surface area contributed by atoms with Crippen LogP contribution in [-0.2, 0) is 51.7 Å². The van der Waals surface area contributed by atoms with Crippen molar-refractivity contribution in [3.63, 3.8) is 0 Å². The van der Waals surface area contributed by atoms with Crippen molar-refractivity contribution in [3.8, 4) is 0 Å². The van der Waals surface area contributed by atoms with Crippen LogP contribution in [0.15, 0.2) is 0 Å². The zero-order valence-corrected chi connectivity index (χ0v) is 11.2. The van der Waals surface area contributed by atoms with Gasteiger partial charge in [-0.2, -0.15) is 0 Å². The molecule has 0 aliphatic heterocycles. The minimum Gasteiger partial charge on any atom is -0.359 e. The van der Waals surface area contributed by atoms with Crippen molar-refractivity contribution < 1.29 is 51.7 Å². The molecule has 0 saturated heterocycles. The van der Waals surface area contributed by atoms with E-state index in [0.717, 1.165) is 0 Å². The standard InChI is InChI=1S/C8H17O4.Y/c1-8(4-11-6-9-2)5-12-7-10-3;/h8H,1,4-7H2,2-3H3;/q-1;. The van der Waals surface area contributed by atoms with Crippen LogP contribution < -0.4 is 0 Å². The molecule has 0 aliphatic rings. The number of methoxy groups -OCH3 is 2. The molecule has 0 heterocycles. The van der Waals surface area contributed by atoms with Crippen molar-refractivity contribution in [2.75, 3.05) is 41.0 Å². The Balaban J connectivity index is 0. The summed E-state index contributed by atoms with van der Waals surface area (Å²) in [5.41, 5.74) is 0. The van der Waals surface area contributed by atoms with E-state index >= 15 is 0 Å². The van der Waals surface area contributed by atoms with Gasteiger partial charge in [-0.1, -0.05) is 0 Å². The topological polar surface area (TPSA) is 36.9 Å². The second-order valence-electron chi connectivity index (χ2n) is 2.42. The van der Waals surface area contributed by atoms with Crippen LogP contribution in [0.5, 0.6) is 0 Å². The van der Waals surface area contributed by atoms with E-state index in [1.165, 1.54) is 0 Å². The predicted molar refractivity (Wildman–Crippen MR) is 44.5 cm³/mol. The maximum absolute atomic E-state index is 5.07. The van der Waals surface area contributed by atoms with Gasteiger partial charge in [0, 0.05) is 60.1 Å². The van der Waals surface area contributed by atoms with Gasteiger partial charge in [0.2, 0.25) is 0 Å². The molecule has 0 spiro atoms. The predicted octanol–water partition coefficient (Wildman–Crippen LogP) is 0.675. The molecule has 0 aliphatic carbocycles. The molecular weight excluding hydrogens is 249 g/mol. The van der Waals surface area contributed by atoms with E-state index in [1.807, 2.05) is 0 Å². The van der Waals surface area contributed by atoms with E-state index in [1.54, 1.807) is 14.2 Å². The third-order valence-electron chi connectivity index (χ3n) is 1.11. The average molecular weight is 266 g/mol. The second kappa shape index (κ2) is 12.9. The van der Waals surface area contributed by atoms with Gasteiger partial charge in [0.15, 0.2) is 0 Å². The van der Waals surface area contributed by atoms with Gasteiger partial charge in [-0.15, -0.1) is 5.92 Å². The molecule has 0 rings (SSSR count). The van der Waals surface area contributed by atoms with Gasteiger partial charge in [-0.3, -0.25) is 0 Å². The molecule has 1 radical (unpaired) electrons. The van der Waals surface area contributed by atoms with Gasteiger partial charge in [-0.05, 0) is 0 Å². The maximum Gasteiger partial charge on any atom is 0.146 e. The van der Waals surface area contributed by atoms with Crippen molar-refractivity contribution in [1.82, 2.24) is 0 Å². The minimum atomic E-state index is 0. The molecule has 0 aromatic carbocycles. The van der Waals surface area contributed by atoms with Crippen LogP contribution in [0, 0.1) is 12.8 Å². The van der Waals surface area contributed by atoms with Gasteiger partial charge in [0.1, 0.15) is 13.6 Å². The van der Waals surface area contributed by atoms with E-state index in [4.69, 9.17) is 18.9 Å². The third-order valence-corrected chi connectivity index (χ3v) is 1.11. The first-order chi connectivity index (χ1) is 5.81. The Hall–Kier alpha value is 0.944. The molecule has 0 atom stereocenters. The number of ether oxygens (including phenoxy) is 4. The summed E-state index contributed by atoms with van der Waals surface area (Å²) in [6.45, 7) is 5.50. The van der Waals surface area contributed by atoms with Crippen LogP contribution in [0.3, 0.4) is 0 Å². The van der Waals surface area contributed by atoms with Gasteiger partial charge >= 0.3 is 0 Å². The average Bonchev–Trinajstić information content (AvgIpc) is 2.06. The minimum absolute atomic E-state index is 0. The van der Waals surface area contributed by atoms with Gasteiger partial charge in [-0.25, -0.2) is 0 Å². The Morgan fingerprint density at radius 2 is 1.38 bits per heavy atom. The van der Waals surface area contributed by atoms with Crippen LogP contribution in [0.4, 0.5) is 0 Å². The first-order valence-electron chi connectivity index (χ1n) is 3.77. The van der Waals surface area contributed by atoms with E-state index in [0.29, 0.717) is 26.8 Å². The Kier molecular flexibility index (Phi) is 16.3. The Morgan fingerprint density at radius 3 is 1.69 bits per heavy atom. The molecule has 13 heavy (non-hydrogen) atoms. The number of hydrogen-bond donors (Lipinski definition) is 0. The van der Waals surface area contributed by atoms with E-state index in [9.17, 15) is 0 Å². The van der Waals surface area contributed by atoms with Crippen molar-refractivity contribution in [2.45, 2.75) is 0 Å². The Morgan fingerprint density at radius 1 is 1.00 bits per heavy atom. The summed E-state index contributed by atoms with van der Waals surface area (Å²) in [7, 11) is 3.17. The molecule has 0 aromatic rings. The summed E-state index contributed by atoms with van der Waals surface area (Å²) in [4.78, 5) is 0. The monoisotopic (exact) mass is 266 g/mol. The quantitative estimate of drug-likeness (QED) is 0.368. The van der Waals surface area contributed by atoms with Crippen molar-refractivity contribution in [3.05, 3.63) is 6.92 Å². The zero-order valence-electron chi connectivity index (χ0n) is 8.32. The van der Waals surface area contributed by atoms with Gasteiger partial charge in [0.05, 0.1) is 0 Å². The van der Waals surface area contributed by atoms with Gasteiger partial charge < -0.3 is 25.9 Å². The molecule has 0 unspecified atom stereocenters. The Labute approximate surface area is 105 Å². The number of hydrogen-bond acceptors (Lipinski definition) is 4. The maximum atomic E-state index is 5.07. The summed E-state index contributed by atoms with van der Waals surface area (Å²) in [6, 6.07) is 0. The van der Waals surface area contributed by atoms with Crippen LogP contribution >= 0.6 is 0 Å². The van der Waals surface area contributed by atoms with Crippen LogP contribution in [0.1, 0.15) is 0 Å². The summed E-state index contributed by atoms with van der Waals surface area (Å²) in [5, 5.41) is 0. The number of rotatable bonds is 8. The van der Waals surface area contributed by atoms with Gasteiger partial charge in [0.25, 0.3) is 0 Å². The van der Waals surface area contributed by atoms with Crippen molar-refractivity contribution >= 4 is 0 Å². The molecule has 77 valence electrons. The first-order valence-corrected chi connectivity index (χ1v) is 3.77. The summed E-state index contributed by atoms with van der Waals surface area (Å²) in [5.74, 6) is 0.121. The third kappa shape index (κ3) is 12.9. The van der Waals surface area contributed by atoms with E-state index in [2.05, 4.69) is 6.92 Å². The molecule has 4 nitrogen and oxygen atoms in total. The molecule has 0 saturated carbocycles. The van der Waals surface area contributed by atoms with E-state index in [-0.39, 0.29) is 38.6 Å². The molecule has 0 fully saturated rings. The van der Waals surface area contributed by atoms with Crippen LogP contribution in [0.25, 0.3) is 0 Å². The first kappa shape index (κ1) is 16.4. The van der Waals surface area contributed by atoms with Crippen molar-refractivity contribution in [2.24, 2.45) is 5.92 Å². The van der Waals surface area contributed by atoms with Crippen LogP contribution in [0.2, 0.25) is 0 Å². The molecule has 0 aromatic heterocycles. The summed E-state index contributed by atoms with van der Waals surface area (Å²) in [6.07, 6.45) is 0. The second-order valence-corrected chi connectivity index (χ2v) is 2.42. The van der Waals surface area contributed by atoms with Crippen molar-refractivity contribution in [1.29, 1.82) is 0 Å². The molecule has 0 N–H and O–H groups in total. The fourth-order valence-corrected chi connectivity index (χ4v) is 0.644. The fraction of sp³-hybridized carbons (Fsp3) is 0.875. The smallest absolute Gasteiger partial charge is 0.146 e. The largest absolute Gasteiger partial charge is 0.359 e.